The first kappa shape index (κ1) is 10.1. The minimum Gasteiger partial charge on any atom is -0.381 e. The third-order valence-electron chi connectivity index (χ3n) is 2.16. The van der Waals surface area contributed by atoms with Crippen molar-refractivity contribution in [3.8, 4) is 0 Å². The van der Waals surface area contributed by atoms with E-state index in [2.05, 4.69) is 21.0 Å². The summed E-state index contributed by atoms with van der Waals surface area (Å²) in [5.41, 5.74) is 5.58. The van der Waals surface area contributed by atoms with E-state index in [4.69, 9.17) is 5.73 Å². The van der Waals surface area contributed by atoms with Crippen LogP contribution in [0.2, 0.25) is 0 Å². The minimum absolute atomic E-state index is 0. The van der Waals surface area contributed by atoms with E-state index in [1.807, 2.05) is 10.9 Å². The first-order valence-corrected chi connectivity index (χ1v) is 4.57. The molecule has 1 aliphatic rings. The Balaban J connectivity index is 0.000000720. The summed E-state index contributed by atoms with van der Waals surface area (Å²) in [6.07, 6.45) is 5.77. The molecule has 0 aliphatic heterocycles. The van der Waals surface area contributed by atoms with Gasteiger partial charge in [-0.25, -0.2) is 0 Å². The van der Waals surface area contributed by atoms with Gasteiger partial charge in [0.2, 0.25) is 0 Å². The Hall–Kier alpha value is -0.0300. The Bertz CT molecular complexity index is 248. The summed E-state index contributed by atoms with van der Waals surface area (Å²) < 4.78 is 2.87. The summed E-state index contributed by atoms with van der Waals surface area (Å²) in [5.74, 6) is 0.594. The van der Waals surface area contributed by atoms with Crippen LogP contribution in [0.4, 0.5) is 5.82 Å². The maximum absolute atomic E-state index is 5.58. The molecule has 0 atom stereocenters. The summed E-state index contributed by atoms with van der Waals surface area (Å²) in [6, 6.07) is 0.601. The van der Waals surface area contributed by atoms with Crippen LogP contribution >= 0.6 is 32.9 Å². The summed E-state index contributed by atoms with van der Waals surface area (Å²) in [6.45, 7) is 0. The highest BCUT2D eigenvalue weighted by Gasteiger charge is 2.20. The Morgan fingerprint density at radius 1 is 1.58 bits per heavy atom. The molecule has 1 aliphatic carbocycles. The highest BCUT2D eigenvalue weighted by Crippen LogP contribution is 2.32. The van der Waals surface area contributed by atoms with Gasteiger partial charge in [-0.1, -0.05) is 0 Å². The lowest BCUT2D eigenvalue weighted by Crippen LogP contribution is -2.17. The van der Waals surface area contributed by atoms with Crippen molar-refractivity contribution in [1.29, 1.82) is 0 Å². The predicted molar refractivity (Wildman–Crippen MR) is 57.5 cm³/mol. The van der Waals surface area contributed by atoms with Gasteiger partial charge in [-0.15, -0.1) is 17.0 Å². The SMILES string of the molecule is Br.Nc1nn(C2CCC2)cc1Br. The van der Waals surface area contributed by atoms with Crippen molar-refractivity contribution >= 4 is 38.7 Å². The molecular weight excluding hydrogens is 286 g/mol. The number of nitrogen functional groups attached to an aromatic ring is 1. The van der Waals surface area contributed by atoms with Crippen molar-refractivity contribution in [2.24, 2.45) is 0 Å². The fourth-order valence-electron chi connectivity index (χ4n) is 1.22. The maximum atomic E-state index is 5.58. The van der Waals surface area contributed by atoms with Gasteiger partial charge < -0.3 is 5.73 Å². The number of aromatic nitrogens is 2. The highest BCUT2D eigenvalue weighted by molar-refractivity contribution is 9.10. The van der Waals surface area contributed by atoms with E-state index in [-0.39, 0.29) is 17.0 Å². The molecule has 3 nitrogen and oxygen atoms in total. The number of rotatable bonds is 1. The molecule has 0 aromatic carbocycles. The minimum atomic E-state index is 0. The van der Waals surface area contributed by atoms with Crippen LogP contribution in [0.15, 0.2) is 10.7 Å². The Morgan fingerprint density at radius 3 is 2.58 bits per heavy atom. The second kappa shape index (κ2) is 3.79. The molecule has 0 saturated heterocycles. The molecule has 1 fully saturated rings. The van der Waals surface area contributed by atoms with Crippen LogP contribution in [-0.4, -0.2) is 9.78 Å². The lowest BCUT2D eigenvalue weighted by atomic mass is 9.93. The standard InChI is InChI=1S/C7H10BrN3.BrH/c8-6-4-11(10-7(6)9)5-2-1-3-5;/h4-5H,1-3H2,(H2,9,10);1H. The fourth-order valence-corrected chi connectivity index (χ4v) is 1.51. The second-order valence-corrected chi connectivity index (χ2v) is 3.78. The van der Waals surface area contributed by atoms with Crippen molar-refractivity contribution < 1.29 is 0 Å². The Morgan fingerprint density at radius 2 is 2.25 bits per heavy atom. The van der Waals surface area contributed by atoms with Gasteiger partial charge in [0.05, 0.1) is 10.5 Å². The van der Waals surface area contributed by atoms with E-state index in [1.165, 1.54) is 19.3 Å². The van der Waals surface area contributed by atoms with Crippen LogP contribution in [0, 0.1) is 0 Å². The zero-order valence-corrected chi connectivity index (χ0v) is 9.83. The van der Waals surface area contributed by atoms with Gasteiger partial charge in [0.25, 0.3) is 0 Å². The van der Waals surface area contributed by atoms with E-state index in [0.29, 0.717) is 11.9 Å². The van der Waals surface area contributed by atoms with Crippen molar-refractivity contribution in [3.63, 3.8) is 0 Å². The third kappa shape index (κ3) is 1.66. The number of anilines is 1. The average Bonchev–Trinajstić information content (AvgIpc) is 2.08. The molecule has 1 aromatic heterocycles. The summed E-state index contributed by atoms with van der Waals surface area (Å²) in [7, 11) is 0. The molecule has 12 heavy (non-hydrogen) atoms. The zero-order valence-electron chi connectivity index (χ0n) is 6.53. The molecular formula is C7H11Br2N3. The Kier molecular flexibility index (Phi) is 3.17. The van der Waals surface area contributed by atoms with Crippen molar-refractivity contribution in [3.05, 3.63) is 10.7 Å². The van der Waals surface area contributed by atoms with Crippen molar-refractivity contribution in [1.82, 2.24) is 9.78 Å². The van der Waals surface area contributed by atoms with Crippen LogP contribution in [0.3, 0.4) is 0 Å². The van der Waals surface area contributed by atoms with Gasteiger partial charge in [-0.2, -0.15) is 5.10 Å². The van der Waals surface area contributed by atoms with E-state index >= 15 is 0 Å². The third-order valence-corrected chi connectivity index (χ3v) is 2.77. The van der Waals surface area contributed by atoms with Crippen LogP contribution in [-0.2, 0) is 0 Å². The molecule has 0 radical (unpaired) electrons. The van der Waals surface area contributed by atoms with Crippen LogP contribution < -0.4 is 5.73 Å². The van der Waals surface area contributed by atoms with E-state index in [9.17, 15) is 0 Å². The number of hydrogen-bond acceptors (Lipinski definition) is 2. The molecule has 0 bridgehead atoms. The summed E-state index contributed by atoms with van der Waals surface area (Å²) in [4.78, 5) is 0. The van der Waals surface area contributed by atoms with Crippen LogP contribution in [0.5, 0.6) is 0 Å². The van der Waals surface area contributed by atoms with Gasteiger partial charge in [0, 0.05) is 6.20 Å². The topological polar surface area (TPSA) is 43.8 Å². The lowest BCUT2D eigenvalue weighted by molar-refractivity contribution is 0.290. The molecule has 2 N–H and O–H groups in total. The number of nitrogens with two attached hydrogens (primary N) is 1. The van der Waals surface area contributed by atoms with Gasteiger partial charge >= 0.3 is 0 Å². The second-order valence-electron chi connectivity index (χ2n) is 2.93. The van der Waals surface area contributed by atoms with E-state index < -0.39 is 0 Å². The largest absolute Gasteiger partial charge is 0.381 e. The molecule has 68 valence electrons. The molecule has 1 heterocycles. The average molecular weight is 297 g/mol. The molecule has 0 spiro atoms. The van der Waals surface area contributed by atoms with Crippen molar-refractivity contribution in [2.75, 3.05) is 5.73 Å². The molecule has 5 heteroatoms. The lowest BCUT2D eigenvalue weighted by Gasteiger charge is -2.25. The monoisotopic (exact) mass is 295 g/mol. The van der Waals surface area contributed by atoms with Gasteiger partial charge in [0.15, 0.2) is 5.82 Å². The number of nitrogens with zero attached hydrogens (tertiary/aromatic N) is 2. The van der Waals surface area contributed by atoms with E-state index in [1.54, 1.807) is 0 Å². The van der Waals surface area contributed by atoms with Crippen LogP contribution in [0.1, 0.15) is 25.3 Å². The Labute approximate surface area is 90.2 Å². The summed E-state index contributed by atoms with van der Waals surface area (Å²) in [5, 5.41) is 4.18. The quantitative estimate of drug-likeness (QED) is 0.865. The summed E-state index contributed by atoms with van der Waals surface area (Å²) >= 11 is 3.33. The van der Waals surface area contributed by atoms with Gasteiger partial charge in [0.1, 0.15) is 0 Å². The molecule has 2 rings (SSSR count). The molecule has 1 saturated carbocycles. The van der Waals surface area contributed by atoms with Crippen molar-refractivity contribution in [2.45, 2.75) is 25.3 Å². The van der Waals surface area contributed by atoms with Gasteiger partial charge in [-0.3, -0.25) is 4.68 Å². The number of halogens is 2. The first-order valence-electron chi connectivity index (χ1n) is 3.77. The predicted octanol–water partition coefficient (Wildman–Crippen LogP) is 2.53. The van der Waals surface area contributed by atoms with E-state index in [0.717, 1.165) is 4.47 Å². The fraction of sp³-hybridized carbons (Fsp3) is 0.571. The number of hydrogen-bond donors (Lipinski definition) is 1. The highest BCUT2D eigenvalue weighted by atomic mass is 79.9. The molecule has 1 aromatic rings. The first-order chi connectivity index (χ1) is 5.27. The smallest absolute Gasteiger partial charge is 0.159 e. The van der Waals surface area contributed by atoms with Crippen LogP contribution in [0.25, 0.3) is 0 Å². The maximum Gasteiger partial charge on any atom is 0.159 e. The zero-order chi connectivity index (χ0) is 7.84. The normalized spacial score (nSPS) is 16.8. The molecule has 0 unspecified atom stereocenters. The molecule has 0 amide bonds. The van der Waals surface area contributed by atoms with Gasteiger partial charge in [-0.05, 0) is 35.2 Å².